The summed E-state index contributed by atoms with van der Waals surface area (Å²) in [6.45, 7) is 8.47. The summed E-state index contributed by atoms with van der Waals surface area (Å²) >= 11 is 0. The summed E-state index contributed by atoms with van der Waals surface area (Å²) in [5.41, 5.74) is 0.358. The Labute approximate surface area is 62.8 Å². The molecule has 10 heavy (non-hydrogen) atoms. The third kappa shape index (κ3) is 0.891. The highest BCUT2D eigenvalue weighted by atomic mass is 16.3. The van der Waals surface area contributed by atoms with Crippen LogP contribution < -0.4 is 0 Å². The van der Waals surface area contributed by atoms with Gasteiger partial charge >= 0.3 is 0 Å². The van der Waals surface area contributed by atoms with Gasteiger partial charge in [-0.3, -0.25) is 0 Å². The number of rotatable bonds is 3. The average molecular weight is 140 g/mol. The standard InChI is InChI=1S/C9H16O/c1-4-5-9(3)7(2)8(9)6-10/h4,7-8,10H,1,5-6H2,2-3H3/t7?,8-,9+/m0/s1. The van der Waals surface area contributed by atoms with Crippen LogP contribution in [-0.2, 0) is 0 Å². The van der Waals surface area contributed by atoms with Crippen LogP contribution >= 0.6 is 0 Å². The Morgan fingerprint density at radius 1 is 1.70 bits per heavy atom. The molecular weight excluding hydrogens is 124 g/mol. The Morgan fingerprint density at radius 3 is 2.60 bits per heavy atom. The van der Waals surface area contributed by atoms with Crippen molar-refractivity contribution in [2.24, 2.45) is 17.3 Å². The van der Waals surface area contributed by atoms with Gasteiger partial charge in [-0.05, 0) is 23.7 Å². The van der Waals surface area contributed by atoms with Crippen molar-refractivity contribution >= 4 is 0 Å². The number of aliphatic hydroxyl groups excluding tert-OH is 1. The van der Waals surface area contributed by atoms with Gasteiger partial charge in [0.15, 0.2) is 0 Å². The second kappa shape index (κ2) is 2.39. The fourth-order valence-corrected chi connectivity index (χ4v) is 1.93. The summed E-state index contributed by atoms with van der Waals surface area (Å²) in [4.78, 5) is 0. The van der Waals surface area contributed by atoms with Crippen LogP contribution in [0.1, 0.15) is 20.3 Å². The molecule has 1 saturated carbocycles. The molecule has 0 heterocycles. The summed E-state index contributed by atoms with van der Waals surface area (Å²) in [6, 6.07) is 0. The topological polar surface area (TPSA) is 20.2 Å². The second-order valence-corrected chi connectivity index (χ2v) is 3.58. The minimum Gasteiger partial charge on any atom is -0.396 e. The molecule has 1 rings (SSSR count). The van der Waals surface area contributed by atoms with Crippen molar-refractivity contribution in [2.45, 2.75) is 20.3 Å². The lowest BCUT2D eigenvalue weighted by molar-refractivity contribution is 0.252. The van der Waals surface area contributed by atoms with E-state index < -0.39 is 0 Å². The van der Waals surface area contributed by atoms with Gasteiger partial charge in [0.1, 0.15) is 0 Å². The molecular formula is C9H16O. The van der Waals surface area contributed by atoms with E-state index in [-0.39, 0.29) is 0 Å². The van der Waals surface area contributed by atoms with E-state index in [9.17, 15) is 0 Å². The fraction of sp³-hybridized carbons (Fsp3) is 0.778. The lowest BCUT2D eigenvalue weighted by atomic mass is 10.0. The lowest BCUT2D eigenvalue weighted by Gasteiger charge is -2.05. The molecule has 3 atom stereocenters. The Bertz CT molecular complexity index is 142. The molecule has 0 saturated heterocycles. The molecule has 58 valence electrons. The zero-order valence-electron chi connectivity index (χ0n) is 6.80. The van der Waals surface area contributed by atoms with E-state index in [1.807, 2.05) is 6.08 Å². The number of hydrogen-bond acceptors (Lipinski definition) is 1. The third-order valence-corrected chi connectivity index (χ3v) is 3.16. The van der Waals surface area contributed by atoms with Crippen molar-refractivity contribution < 1.29 is 5.11 Å². The zero-order chi connectivity index (χ0) is 7.78. The highest BCUT2D eigenvalue weighted by molar-refractivity contribution is 5.07. The van der Waals surface area contributed by atoms with Gasteiger partial charge in [-0.25, -0.2) is 0 Å². The smallest absolute Gasteiger partial charge is 0.0467 e. The highest BCUT2D eigenvalue weighted by Crippen LogP contribution is 2.60. The van der Waals surface area contributed by atoms with Crippen molar-refractivity contribution in [1.82, 2.24) is 0 Å². The Balaban J connectivity index is 2.49. The van der Waals surface area contributed by atoms with E-state index in [2.05, 4.69) is 20.4 Å². The van der Waals surface area contributed by atoms with Crippen LogP contribution in [0.5, 0.6) is 0 Å². The predicted octanol–water partition coefficient (Wildman–Crippen LogP) is 1.83. The maximum absolute atomic E-state index is 8.90. The molecule has 1 aliphatic carbocycles. The van der Waals surface area contributed by atoms with Crippen LogP contribution in [0, 0.1) is 17.3 Å². The Hall–Kier alpha value is -0.300. The number of allylic oxidation sites excluding steroid dienone is 1. The predicted molar refractivity (Wildman–Crippen MR) is 42.7 cm³/mol. The van der Waals surface area contributed by atoms with Gasteiger partial charge in [-0.1, -0.05) is 19.9 Å². The number of aliphatic hydroxyl groups is 1. The van der Waals surface area contributed by atoms with Gasteiger partial charge in [0.2, 0.25) is 0 Å². The van der Waals surface area contributed by atoms with E-state index in [0.29, 0.717) is 23.9 Å². The van der Waals surface area contributed by atoms with Crippen molar-refractivity contribution in [1.29, 1.82) is 0 Å². The van der Waals surface area contributed by atoms with Crippen molar-refractivity contribution in [3.05, 3.63) is 12.7 Å². The maximum Gasteiger partial charge on any atom is 0.0467 e. The molecule has 1 nitrogen and oxygen atoms in total. The van der Waals surface area contributed by atoms with Crippen LogP contribution in [-0.4, -0.2) is 11.7 Å². The summed E-state index contributed by atoms with van der Waals surface area (Å²) in [5, 5.41) is 8.90. The molecule has 0 bridgehead atoms. The van der Waals surface area contributed by atoms with Gasteiger partial charge in [0.05, 0.1) is 0 Å². The first-order chi connectivity index (χ1) is 4.66. The molecule has 1 fully saturated rings. The first kappa shape index (κ1) is 7.80. The van der Waals surface area contributed by atoms with E-state index in [4.69, 9.17) is 5.11 Å². The van der Waals surface area contributed by atoms with Crippen molar-refractivity contribution in [2.75, 3.05) is 6.61 Å². The molecule has 0 aliphatic heterocycles. The maximum atomic E-state index is 8.90. The molecule has 1 aliphatic rings. The van der Waals surface area contributed by atoms with Crippen LogP contribution in [0.25, 0.3) is 0 Å². The Kier molecular flexibility index (Phi) is 1.86. The van der Waals surface area contributed by atoms with E-state index in [1.165, 1.54) is 0 Å². The minimum absolute atomic E-state index is 0.339. The Morgan fingerprint density at radius 2 is 2.30 bits per heavy atom. The molecule has 1 heteroatoms. The summed E-state index contributed by atoms with van der Waals surface area (Å²) in [5.74, 6) is 1.20. The van der Waals surface area contributed by atoms with Gasteiger partial charge in [0.25, 0.3) is 0 Å². The molecule has 1 unspecified atom stereocenters. The SMILES string of the molecule is C=CC[C@]1(C)C(C)[C@@H]1CO. The highest BCUT2D eigenvalue weighted by Gasteiger charge is 2.56. The van der Waals surface area contributed by atoms with Gasteiger partial charge in [-0.2, -0.15) is 0 Å². The lowest BCUT2D eigenvalue weighted by Crippen LogP contribution is -1.99. The fourth-order valence-electron chi connectivity index (χ4n) is 1.93. The minimum atomic E-state index is 0.339. The quantitative estimate of drug-likeness (QED) is 0.593. The molecule has 0 aromatic heterocycles. The number of hydrogen-bond donors (Lipinski definition) is 1. The summed E-state index contributed by atoms with van der Waals surface area (Å²) in [7, 11) is 0. The first-order valence-electron chi connectivity index (χ1n) is 3.88. The van der Waals surface area contributed by atoms with Gasteiger partial charge in [-0.15, -0.1) is 6.58 Å². The van der Waals surface area contributed by atoms with Crippen LogP contribution in [0.4, 0.5) is 0 Å². The normalized spacial score (nSPS) is 45.1. The van der Waals surface area contributed by atoms with Crippen LogP contribution in [0.3, 0.4) is 0 Å². The van der Waals surface area contributed by atoms with Crippen molar-refractivity contribution in [3.8, 4) is 0 Å². The molecule has 0 spiro atoms. The van der Waals surface area contributed by atoms with Crippen LogP contribution in [0.15, 0.2) is 12.7 Å². The largest absolute Gasteiger partial charge is 0.396 e. The first-order valence-corrected chi connectivity index (χ1v) is 3.88. The van der Waals surface area contributed by atoms with E-state index in [1.54, 1.807) is 0 Å². The van der Waals surface area contributed by atoms with Crippen LogP contribution in [0.2, 0.25) is 0 Å². The molecule has 0 aromatic carbocycles. The molecule has 0 amide bonds. The second-order valence-electron chi connectivity index (χ2n) is 3.58. The van der Waals surface area contributed by atoms with Gasteiger partial charge in [0, 0.05) is 6.61 Å². The summed E-state index contributed by atoms with van der Waals surface area (Å²) < 4.78 is 0. The van der Waals surface area contributed by atoms with E-state index in [0.717, 1.165) is 6.42 Å². The molecule has 0 radical (unpaired) electrons. The van der Waals surface area contributed by atoms with E-state index >= 15 is 0 Å². The van der Waals surface area contributed by atoms with Gasteiger partial charge < -0.3 is 5.11 Å². The van der Waals surface area contributed by atoms with Crippen molar-refractivity contribution in [3.63, 3.8) is 0 Å². The molecule has 1 N–H and O–H groups in total. The zero-order valence-corrected chi connectivity index (χ0v) is 6.80. The monoisotopic (exact) mass is 140 g/mol. The average Bonchev–Trinajstić information content (AvgIpc) is 2.37. The molecule has 0 aromatic rings. The third-order valence-electron chi connectivity index (χ3n) is 3.16. The summed E-state index contributed by atoms with van der Waals surface area (Å²) in [6.07, 6.45) is 2.99.